The second-order valence-corrected chi connectivity index (χ2v) is 11.4. The highest BCUT2D eigenvalue weighted by atomic mass is 32.2. The Morgan fingerprint density at radius 2 is 1.52 bits per heavy atom. The van der Waals surface area contributed by atoms with Crippen LogP contribution in [0.25, 0.3) is 10.8 Å². The van der Waals surface area contributed by atoms with Crippen molar-refractivity contribution in [2.75, 3.05) is 17.7 Å². The number of phenols is 1. The fourth-order valence-electron chi connectivity index (χ4n) is 4.70. The van der Waals surface area contributed by atoms with E-state index in [0.717, 1.165) is 28.7 Å². The SMILES string of the molecule is CCCCCCCCCCCCOc1ccc(C)cc1NC(=O)c1cc(SCCC(=O)O)c2ccccc2c1O. The zero-order valence-electron chi connectivity index (χ0n) is 23.8. The number of unbranched alkanes of at least 4 members (excludes halogenated alkanes) is 9. The van der Waals surface area contributed by atoms with E-state index in [9.17, 15) is 14.7 Å². The Kier molecular flexibility index (Phi) is 13.2. The molecule has 0 bridgehead atoms. The Balaban J connectivity index is 1.61. The first-order valence-electron chi connectivity index (χ1n) is 14.5. The summed E-state index contributed by atoms with van der Waals surface area (Å²) < 4.78 is 6.06. The molecule has 0 saturated heterocycles. The number of rotatable bonds is 18. The molecule has 0 spiro atoms. The van der Waals surface area contributed by atoms with Crippen molar-refractivity contribution in [2.45, 2.75) is 89.4 Å². The summed E-state index contributed by atoms with van der Waals surface area (Å²) in [5.74, 6) is -0.460. The molecule has 0 fully saturated rings. The van der Waals surface area contributed by atoms with Crippen molar-refractivity contribution in [3.05, 3.63) is 59.7 Å². The molecule has 0 aliphatic carbocycles. The lowest BCUT2D eigenvalue weighted by molar-refractivity contribution is -0.136. The highest BCUT2D eigenvalue weighted by molar-refractivity contribution is 7.99. The Labute approximate surface area is 242 Å². The summed E-state index contributed by atoms with van der Waals surface area (Å²) in [6, 6.07) is 14.6. The molecule has 216 valence electrons. The minimum atomic E-state index is -0.877. The van der Waals surface area contributed by atoms with Crippen LogP contribution in [0.1, 0.15) is 93.5 Å². The topological polar surface area (TPSA) is 95.9 Å². The van der Waals surface area contributed by atoms with Gasteiger partial charge in [0.15, 0.2) is 0 Å². The number of anilines is 1. The van der Waals surface area contributed by atoms with E-state index in [-0.39, 0.29) is 17.7 Å². The predicted molar refractivity (Wildman–Crippen MR) is 165 cm³/mol. The summed E-state index contributed by atoms with van der Waals surface area (Å²) in [7, 11) is 0. The number of ether oxygens (including phenoxy) is 1. The fourth-order valence-corrected chi connectivity index (χ4v) is 5.73. The molecule has 0 aliphatic heterocycles. The van der Waals surface area contributed by atoms with Crippen molar-refractivity contribution in [1.82, 2.24) is 0 Å². The first-order chi connectivity index (χ1) is 19.4. The van der Waals surface area contributed by atoms with E-state index in [1.807, 2.05) is 37.3 Å². The van der Waals surface area contributed by atoms with E-state index in [2.05, 4.69) is 12.2 Å². The van der Waals surface area contributed by atoms with Crippen molar-refractivity contribution in [1.29, 1.82) is 0 Å². The van der Waals surface area contributed by atoms with Crippen LogP contribution in [-0.4, -0.2) is 34.4 Å². The molecule has 0 unspecified atom stereocenters. The highest BCUT2D eigenvalue weighted by Crippen LogP contribution is 2.37. The van der Waals surface area contributed by atoms with Gasteiger partial charge in [-0.2, -0.15) is 0 Å². The van der Waals surface area contributed by atoms with Crippen molar-refractivity contribution in [3.8, 4) is 11.5 Å². The number of aliphatic carboxylic acids is 1. The fraction of sp³-hybridized carbons (Fsp3) is 0.455. The molecular formula is C33H43NO5S. The number of carbonyl (C=O) groups excluding carboxylic acids is 1. The van der Waals surface area contributed by atoms with Crippen LogP contribution in [0.2, 0.25) is 0 Å². The maximum Gasteiger partial charge on any atom is 0.304 e. The molecule has 0 aromatic heterocycles. The quantitative estimate of drug-likeness (QED) is 0.105. The van der Waals surface area contributed by atoms with E-state index >= 15 is 0 Å². The van der Waals surface area contributed by atoms with Gasteiger partial charge in [0, 0.05) is 16.0 Å². The van der Waals surface area contributed by atoms with Crippen LogP contribution in [0, 0.1) is 6.92 Å². The maximum atomic E-state index is 13.4. The van der Waals surface area contributed by atoms with Crippen LogP contribution < -0.4 is 10.1 Å². The van der Waals surface area contributed by atoms with Crippen LogP contribution in [0.4, 0.5) is 5.69 Å². The molecule has 0 radical (unpaired) electrons. The van der Waals surface area contributed by atoms with Crippen molar-refractivity contribution in [2.24, 2.45) is 0 Å². The van der Waals surface area contributed by atoms with Crippen molar-refractivity contribution in [3.63, 3.8) is 0 Å². The van der Waals surface area contributed by atoms with Gasteiger partial charge in [-0.25, -0.2) is 0 Å². The normalized spacial score (nSPS) is 11.1. The zero-order valence-corrected chi connectivity index (χ0v) is 24.7. The van der Waals surface area contributed by atoms with Crippen LogP contribution in [0.15, 0.2) is 53.4 Å². The monoisotopic (exact) mass is 565 g/mol. The molecule has 3 N–H and O–H groups in total. The number of amides is 1. The number of carbonyl (C=O) groups is 2. The first-order valence-corrected chi connectivity index (χ1v) is 15.5. The van der Waals surface area contributed by atoms with Crippen LogP contribution in [0.3, 0.4) is 0 Å². The number of hydrogen-bond acceptors (Lipinski definition) is 5. The average molecular weight is 566 g/mol. The number of nitrogens with one attached hydrogen (secondary N) is 1. The summed E-state index contributed by atoms with van der Waals surface area (Å²) >= 11 is 1.36. The number of carboxylic acid groups (broad SMARTS) is 1. The average Bonchev–Trinajstić information content (AvgIpc) is 2.93. The lowest BCUT2D eigenvalue weighted by atomic mass is 10.0. The van der Waals surface area contributed by atoms with E-state index < -0.39 is 11.9 Å². The molecule has 3 aromatic rings. The van der Waals surface area contributed by atoms with E-state index in [4.69, 9.17) is 9.84 Å². The summed E-state index contributed by atoms with van der Waals surface area (Å²) in [5.41, 5.74) is 1.68. The highest BCUT2D eigenvalue weighted by Gasteiger charge is 2.19. The second-order valence-electron chi connectivity index (χ2n) is 10.3. The van der Waals surface area contributed by atoms with Gasteiger partial charge in [-0.1, -0.05) is 95.0 Å². The van der Waals surface area contributed by atoms with E-state index in [1.54, 1.807) is 18.2 Å². The van der Waals surface area contributed by atoms with E-state index in [1.165, 1.54) is 63.1 Å². The number of hydrogen-bond donors (Lipinski definition) is 3. The third-order valence-electron chi connectivity index (χ3n) is 6.94. The number of phenolic OH excluding ortho intramolecular Hbond substituents is 1. The molecule has 7 heteroatoms. The summed E-state index contributed by atoms with van der Waals surface area (Å²) in [4.78, 5) is 25.2. The Morgan fingerprint density at radius 3 is 2.20 bits per heavy atom. The van der Waals surface area contributed by atoms with Gasteiger partial charge in [-0.15, -0.1) is 11.8 Å². The van der Waals surface area contributed by atoms with Gasteiger partial charge in [0.1, 0.15) is 11.5 Å². The minimum absolute atomic E-state index is 0.00440. The molecule has 3 aromatic carbocycles. The number of benzene rings is 3. The molecule has 0 saturated carbocycles. The third kappa shape index (κ3) is 9.77. The lowest BCUT2D eigenvalue weighted by Gasteiger charge is -2.16. The van der Waals surface area contributed by atoms with Gasteiger partial charge in [0.25, 0.3) is 5.91 Å². The zero-order chi connectivity index (χ0) is 28.7. The number of thioether (sulfide) groups is 1. The molecule has 3 rings (SSSR count). The number of carboxylic acids is 1. The molecular weight excluding hydrogens is 522 g/mol. The Bertz CT molecular complexity index is 1260. The molecule has 0 atom stereocenters. The van der Waals surface area contributed by atoms with Gasteiger partial charge < -0.3 is 20.3 Å². The van der Waals surface area contributed by atoms with E-state index in [0.29, 0.717) is 29.2 Å². The van der Waals surface area contributed by atoms with Gasteiger partial charge in [0.05, 0.1) is 24.3 Å². The Hall–Kier alpha value is -3.19. The van der Waals surface area contributed by atoms with Gasteiger partial charge in [-0.3, -0.25) is 9.59 Å². The van der Waals surface area contributed by atoms with Crippen LogP contribution in [-0.2, 0) is 4.79 Å². The maximum absolute atomic E-state index is 13.4. The lowest BCUT2D eigenvalue weighted by Crippen LogP contribution is -2.14. The molecule has 0 aliphatic rings. The largest absolute Gasteiger partial charge is 0.506 e. The number of fused-ring (bicyclic) bond motifs is 1. The van der Waals surface area contributed by atoms with Crippen LogP contribution in [0.5, 0.6) is 11.5 Å². The molecule has 1 amide bonds. The number of aromatic hydroxyl groups is 1. The second kappa shape index (κ2) is 16.8. The third-order valence-corrected chi connectivity index (χ3v) is 7.99. The summed E-state index contributed by atoms with van der Waals surface area (Å²) in [6.07, 6.45) is 12.5. The Morgan fingerprint density at radius 1 is 0.875 bits per heavy atom. The smallest absolute Gasteiger partial charge is 0.304 e. The first kappa shape index (κ1) is 31.3. The van der Waals surface area contributed by atoms with Gasteiger partial charge in [-0.05, 0) is 42.5 Å². The number of aryl methyl sites for hydroxylation is 1. The standard InChI is InChI=1S/C33H43NO5S/c1-3-4-5-6-7-8-9-10-11-14-20-39-29-18-17-24(2)22-28(29)34-33(38)27-23-30(40-21-19-31(35)36)25-15-12-13-16-26(25)32(27)37/h12-13,15-18,22-23,37H,3-11,14,19-21H2,1-2H3,(H,34,38)(H,35,36). The summed E-state index contributed by atoms with van der Waals surface area (Å²) in [5, 5.41) is 24.3. The minimum Gasteiger partial charge on any atom is -0.506 e. The van der Waals surface area contributed by atoms with Crippen LogP contribution >= 0.6 is 11.8 Å². The predicted octanol–water partition coefficient (Wildman–Crippen LogP) is 8.97. The van der Waals surface area contributed by atoms with Crippen molar-refractivity contribution < 1.29 is 24.5 Å². The molecule has 6 nitrogen and oxygen atoms in total. The van der Waals surface area contributed by atoms with Gasteiger partial charge >= 0.3 is 5.97 Å². The van der Waals surface area contributed by atoms with Crippen molar-refractivity contribution >= 4 is 40.1 Å². The molecule has 0 heterocycles. The summed E-state index contributed by atoms with van der Waals surface area (Å²) in [6.45, 7) is 4.77. The van der Waals surface area contributed by atoms with Gasteiger partial charge in [0.2, 0.25) is 0 Å². The molecule has 40 heavy (non-hydrogen) atoms.